The number of rotatable bonds is 6. The van der Waals surface area contributed by atoms with Crippen LogP contribution in [0.3, 0.4) is 0 Å². The molecular formula is C19H21N3OS. The lowest BCUT2D eigenvalue weighted by Crippen LogP contribution is -2.25. The maximum absolute atomic E-state index is 12.2. The summed E-state index contributed by atoms with van der Waals surface area (Å²) in [6.45, 7) is 4.47. The molecule has 0 spiro atoms. The highest BCUT2D eigenvalue weighted by Crippen LogP contribution is 2.16. The second kappa shape index (κ2) is 7.64. The molecule has 0 radical (unpaired) electrons. The van der Waals surface area contributed by atoms with Crippen molar-refractivity contribution in [3.8, 4) is 0 Å². The maximum atomic E-state index is 12.2. The summed E-state index contributed by atoms with van der Waals surface area (Å²) >= 11 is 1.74. The highest BCUT2D eigenvalue weighted by molar-refractivity contribution is 7.98. The van der Waals surface area contributed by atoms with E-state index >= 15 is 0 Å². The van der Waals surface area contributed by atoms with E-state index in [0.29, 0.717) is 17.8 Å². The summed E-state index contributed by atoms with van der Waals surface area (Å²) in [5.74, 6) is 0.710. The maximum Gasteiger partial charge on any atom is 0.258 e. The number of H-pyrrole nitrogens is 1. The number of benzene rings is 2. The topological polar surface area (TPSA) is 49.0 Å². The molecule has 0 saturated carbocycles. The number of aromatic amines is 1. The van der Waals surface area contributed by atoms with Gasteiger partial charge in [0, 0.05) is 11.4 Å². The second-order valence-corrected chi connectivity index (χ2v) is 6.56. The number of hydrogen-bond donors (Lipinski definition) is 1. The average molecular weight is 339 g/mol. The number of nitrogens with one attached hydrogen (secondary N) is 1. The van der Waals surface area contributed by atoms with Crippen molar-refractivity contribution < 1.29 is 0 Å². The molecule has 0 aliphatic rings. The zero-order valence-electron chi connectivity index (χ0n) is 14.0. The van der Waals surface area contributed by atoms with Crippen molar-refractivity contribution in [2.24, 2.45) is 0 Å². The Morgan fingerprint density at radius 3 is 2.54 bits per heavy atom. The highest BCUT2D eigenvalue weighted by atomic mass is 32.2. The van der Waals surface area contributed by atoms with Gasteiger partial charge in [-0.05, 0) is 42.6 Å². The van der Waals surface area contributed by atoms with E-state index in [4.69, 9.17) is 0 Å². The Hall–Kier alpha value is -2.11. The molecule has 0 bridgehead atoms. The Morgan fingerprint density at radius 2 is 1.83 bits per heavy atom. The number of thioether (sulfide) groups is 1. The fourth-order valence-electron chi connectivity index (χ4n) is 2.69. The number of aromatic nitrogens is 2. The van der Waals surface area contributed by atoms with Crippen molar-refractivity contribution in [1.82, 2.24) is 14.9 Å². The van der Waals surface area contributed by atoms with Crippen LogP contribution >= 0.6 is 11.8 Å². The first-order valence-electron chi connectivity index (χ1n) is 8.03. The Kier molecular flexibility index (Phi) is 5.33. The van der Waals surface area contributed by atoms with Crippen molar-refractivity contribution >= 4 is 22.7 Å². The Morgan fingerprint density at radius 1 is 1.08 bits per heavy atom. The quantitative estimate of drug-likeness (QED) is 0.696. The lowest BCUT2D eigenvalue weighted by atomic mass is 10.2. The van der Waals surface area contributed by atoms with Gasteiger partial charge >= 0.3 is 0 Å². The molecule has 3 rings (SSSR count). The number of para-hydroxylation sites is 1. The van der Waals surface area contributed by atoms with Crippen LogP contribution in [0, 0.1) is 0 Å². The minimum Gasteiger partial charge on any atom is -0.309 e. The van der Waals surface area contributed by atoms with Crippen molar-refractivity contribution in [3.63, 3.8) is 0 Å². The third-order valence-electron chi connectivity index (χ3n) is 4.05. The molecule has 0 atom stereocenters. The molecule has 0 unspecified atom stereocenters. The van der Waals surface area contributed by atoms with Gasteiger partial charge in [0.05, 0.1) is 17.4 Å². The van der Waals surface area contributed by atoms with Gasteiger partial charge in [-0.25, -0.2) is 4.98 Å². The van der Waals surface area contributed by atoms with E-state index in [1.807, 2.05) is 18.2 Å². The minimum atomic E-state index is -0.0732. The van der Waals surface area contributed by atoms with Crippen LogP contribution in [-0.4, -0.2) is 27.7 Å². The van der Waals surface area contributed by atoms with Crippen LogP contribution in [0.1, 0.15) is 18.3 Å². The number of fused-ring (bicyclic) bond motifs is 1. The number of hydrogen-bond acceptors (Lipinski definition) is 4. The average Bonchev–Trinajstić information content (AvgIpc) is 2.62. The summed E-state index contributed by atoms with van der Waals surface area (Å²) in [7, 11) is 0. The summed E-state index contributed by atoms with van der Waals surface area (Å²) in [6.07, 6.45) is 2.08. The van der Waals surface area contributed by atoms with Gasteiger partial charge in [-0.15, -0.1) is 11.8 Å². The standard InChI is InChI=1S/C19H21N3OS/c1-3-22(12-14-8-10-15(24-2)11-9-14)13-18-20-17-7-5-4-6-16(17)19(23)21-18/h4-11H,3,12-13H2,1-2H3,(H,20,21,23). The van der Waals surface area contributed by atoms with E-state index in [0.717, 1.165) is 18.6 Å². The second-order valence-electron chi connectivity index (χ2n) is 5.68. The molecule has 2 aromatic carbocycles. The Labute approximate surface area is 145 Å². The van der Waals surface area contributed by atoms with Gasteiger partial charge in [0.1, 0.15) is 5.82 Å². The fraction of sp³-hybridized carbons (Fsp3) is 0.263. The van der Waals surface area contributed by atoms with Crippen molar-refractivity contribution in [2.45, 2.75) is 24.9 Å². The third kappa shape index (κ3) is 3.86. The normalized spacial score (nSPS) is 11.3. The fourth-order valence-corrected chi connectivity index (χ4v) is 3.10. The Bertz CT molecular complexity index is 874. The molecular weight excluding hydrogens is 318 g/mol. The van der Waals surface area contributed by atoms with Gasteiger partial charge in [-0.3, -0.25) is 9.69 Å². The zero-order valence-corrected chi connectivity index (χ0v) is 14.8. The highest BCUT2D eigenvalue weighted by Gasteiger charge is 2.09. The van der Waals surface area contributed by atoms with Crippen LogP contribution in [0.25, 0.3) is 10.9 Å². The molecule has 24 heavy (non-hydrogen) atoms. The molecule has 0 aliphatic carbocycles. The summed E-state index contributed by atoms with van der Waals surface area (Å²) in [4.78, 5) is 23.2. The molecule has 0 saturated heterocycles. The lowest BCUT2D eigenvalue weighted by molar-refractivity contribution is 0.264. The summed E-state index contributed by atoms with van der Waals surface area (Å²) in [5.41, 5.74) is 1.94. The smallest absolute Gasteiger partial charge is 0.258 e. The zero-order chi connectivity index (χ0) is 16.9. The van der Waals surface area contributed by atoms with Crippen molar-refractivity contribution in [3.05, 3.63) is 70.3 Å². The van der Waals surface area contributed by atoms with Gasteiger partial charge in [0.25, 0.3) is 5.56 Å². The van der Waals surface area contributed by atoms with Gasteiger partial charge < -0.3 is 4.98 Å². The predicted octanol–water partition coefficient (Wildman–Crippen LogP) is 3.67. The van der Waals surface area contributed by atoms with E-state index in [1.165, 1.54) is 10.5 Å². The number of nitrogens with zero attached hydrogens (tertiary/aromatic N) is 2. The van der Waals surface area contributed by atoms with Gasteiger partial charge in [0.2, 0.25) is 0 Å². The van der Waals surface area contributed by atoms with Crippen LogP contribution in [0.4, 0.5) is 0 Å². The van der Waals surface area contributed by atoms with Crippen LogP contribution in [0.2, 0.25) is 0 Å². The van der Waals surface area contributed by atoms with Crippen LogP contribution in [-0.2, 0) is 13.1 Å². The molecule has 0 amide bonds. The van der Waals surface area contributed by atoms with Gasteiger partial charge in [0.15, 0.2) is 0 Å². The first kappa shape index (κ1) is 16.7. The van der Waals surface area contributed by atoms with Crippen molar-refractivity contribution in [1.29, 1.82) is 0 Å². The molecule has 124 valence electrons. The van der Waals surface area contributed by atoms with E-state index in [9.17, 15) is 4.79 Å². The monoisotopic (exact) mass is 339 g/mol. The molecule has 5 heteroatoms. The minimum absolute atomic E-state index is 0.0732. The Balaban J connectivity index is 1.78. The molecule has 0 fully saturated rings. The summed E-state index contributed by atoms with van der Waals surface area (Å²) in [6, 6.07) is 16.0. The SMILES string of the molecule is CCN(Cc1ccc(SC)cc1)Cc1nc2ccccc2c(=O)[nH]1. The van der Waals surface area contributed by atoms with Crippen molar-refractivity contribution in [2.75, 3.05) is 12.8 Å². The molecule has 1 N–H and O–H groups in total. The molecule has 0 aliphatic heterocycles. The molecule has 3 aromatic rings. The van der Waals surface area contributed by atoms with Crippen LogP contribution in [0.15, 0.2) is 58.2 Å². The van der Waals surface area contributed by atoms with Gasteiger partial charge in [-0.2, -0.15) is 0 Å². The van der Waals surface area contributed by atoms with Gasteiger partial charge in [-0.1, -0.05) is 31.2 Å². The van der Waals surface area contributed by atoms with E-state index in [-0.39, 0.29) is 5.56 Å². The van der Waals surface area contributed by atoms with E-state index in [2.05, 4.69) is 52.3 Å². The van der Waals surface area contributed by atoms with E-state index < -0.39 is 0 Å². The molecule has 4 nitrogen and oxygen atoms in total. The summed E-state index contributed by atoms with van der Waals surface area (Å²) in [5, 5.41) is 0.636. The largest absolute Gasteiger partial charge is 0.309 e. The molecule has 1 aromatic heterocycles. The van der Waals surface area contributed by atoms with Crippen LogP contribution < -0.4 is 5.56 Å². The lowest BCUT2D eigenvalue weighted by Gasteiger charge is -2.20. The third-order valence-corrected chi connectivity index (χ3v) is 4.79. The van der Waals surface area contributed by atoms with Crippen LogP contribution in [0.5, 0.6) is 0 Å². The first-order chi connectivity index (χ1) is 11.7. The first-order valence-corrected chi connectivity index (χ1v) is 9.25. The molecule has 1 heterocycles. The summed E-state index contributed by atoms with van der Waals surface area (Å²) < 4.78 is 0. The predicted molar refractivity (Wildman–Crippen MR) is 100 cm³/mol. The van der Waals surface area contributed by atoms with E-state index in [1.54, 1.807) is 17.8 Å².